The van der Waals surface area contributed by atoms with E-state index in [9.17, 15) is 13.2 Å². The first-order chi connectivity index (χ1) is 6.56. The third-order valence-electron chi connectivity index (χ3n) is 1.57. The first-order valence-electron chi connectivity index (χ1n) is 3.66. The second-order valence-electron chi connectivity index (χ2n) is 2.54. The lowest BCUT2D eigenvalue weighted by Crippen LogP contribution is -2.04. The van der Waals surface area contributed by atoms with Gasteiger partial charge in [0.05, 0.1) is 12.5 Å². The van der Waals surface area contributed by atoms with Crippen molar-refractivity contribution in [2.75, 3.05) is 5.73 Å². The molecular formula is C8H6F3N3. The van der Waals surface area contributed by atoms with Crippen molar-refractivity contribution in [3.8, 4) is 6.07 Å². The standard InChI is InChI=1S/C8H6F3N3/c9-6-4(1-2-12)3-5(7(10)11)14-8(6)13/h3,7H,1H2,(H2,13,14). The molecule has 0 radical (unpaired) electrons. The Hall–Kier alpha value is -1.77. The van der Waals surface area contributed by atoms with E-state index in [1.54, 1.807) is 6.07 Å². The van der Waals surface area contributed by atoms with Crippen LogP contribution in [-0.2, 0) is 6.42 Å². The van der Waals surface area contributed by atoms with Crippen LogP contribution < -0.4 is 5.73 Å². The molecule has 0 aliphatic rings. The van der Waals surface area contributed by atoms with E-state index in [0.29, 0.717) is 0 Å². The van der Waals surface area contributed by atoms with Crippen LogP contribution >= 0.6 is 0 Å². The fraction of sp³-hybridized carbons (Fsp3) is 0.250. The zero-order valence-electron chi connectivity index (χ0n) is 6.97. The lowest BCUT2D eigenvalue weighted by molar-refractivity contribution is 0.146. The van der Waals surface area contributed by atoms with Gasteiger partial charge in [-0.2, -0.15) is 5.26 Å². The monoisotopic (exact) mass is 201 g/mol. The third kappa shape index (κ3) is 1.93. The van der Waals surface area contributed by atoms with E-state index in [2.05, 4.69) is 4.98 Å². The van der Waals surface area contributed by atoms with Crippen LogP contribution in [0.1, 0.15) is 17.7 Å². The highest BCUT2D eigenvalue weighted by atomic mass is 19.3. The summed E-state index contributed by atoms with van der Waals surface area (Å²) in [6, 6.07) is 2.50. The van der Waals surface area contributed by atoms with E-state index in [4.69, 9.17) is 11.0 Å². The highest BCUT2D eigenvalue weighted by molar-refractivity contribution is 5.38. The fourth-order valence-electron chi connectivity index (χ4n) is 0.952. The SMILES string of the molecule is N#CCc1cc(C(F)F)nc(N)c1F. The van der Waals surface area contributed by atoms with Crippen molar-refractivity contribution in [3.05, 3.63) is 23.1 Å². The Morgan fingerprint density at radius 1 is 1.57 bits per heavy atom. The zero-order chi connectivity index (χ0) is 10.7. The highest BCUT2D eigenvalue weighted by Crippen LogP contribution is 2.22. The average molecular weight is 201 g/mol. The molecule has 0 fully saturated rings. The van der Waals surface area contributed by atoms with E-state index in [-0.39, 0.29) is 12.0 Å². The maximum Gasteiger partial charge on any atom is 0.280 e. The van der Waals surface area contributed by atoms with Crippen LogP contribution in [0.5, 0.6) is 0 Å². The van der Waals surface area contributed by atoms with Crippen LogP contribution in [0.3, 0.4) is 0 Å². The number of nitrogen functional groups attached to an aromatic ring is 1. The smallest absolute Gasteiger partial charge is 0.280 e. The van der Waals surface area contributed by atoms with Gasteiger partial charge in [-0.1, -0.05) is 0 Å². The molecule has 0 aromatic carbocycles. The first kappa shape index (κ1) is 10.3. The van der Waals surface area contributed by atoms with Gasteiger partial charge in [-0.05, 0) is 6.07 Å². The molecule has 0 spiro atoms. The van der Waals surface area contributed by atoms with Crippen LogP contribution in [0.2, 0.25) is 0 Å². The minimum absolute atomic E-state index is 0.157. The minimum Gasteiger partial charge on any atom is -0.381 e. The van der Waals surface area contributed by atoms with Gasteiger partial charge < -0.3 is 5.73 Å². The van der Waals surface area contributed by atoms with E-state index in [0.717, 1.165) is 6.07 Å². The van der Waals surface area contributed by atoms with Crippen LogP contribution in [-0.4, -0.2) is 4.98 Å². The van der Waals surface area contributed by atoms with Crippen LogP contribution in [0.25, 0.3) is 0 Å². The number of nitrogens with two attached hydrogens (primary N) is 1. The molecule has 1 heterocycles. The summed E-state index contributed by atoms with van der Waals surface area (Å²) in [7, 11) is 0. The van der Waals surface area contributed by atoms with Gasteiger partial charge in [-0.25, -0.2) is 18.2 Å². The Morgan fingerprint density at radius 2 is 2.21 bits per heavy atom. The summed E-state index contributed by atoms with van der Waals surface area (Å²) in [5.41, 5.74) is 4.29. The molecule has 1 rings (SSSR count). The van der Waals surface area contributed by atoms with Crippen molar-refractivity contribution in [2.24, 2.45) is 0 Å². The average Bonchev–Trinajstić information content (AvgIpc) is 2.12. The number of anilines is 1. The van der Waals surface area contributed by atoms with Gasteiger partial charge in [0.25, 0.3) is 6.43 Å². The summed E-state index contributed by atoms with van der Waals surface area (Å²) in [5, 5.41) is 8.30. The summed E-state index contributed by atoms with van der Waals surface area (Å²) in [6.45, 7) is 0. The van der Waals surface area contributed by atoms with Gasteiger partial charge >= 0.3 is 0 Å². The van der Waals surface area contributed by atoms with Crippen molar-refractivity contribution < 1.29 is 13.2 Å². The summed E-state index contributed by atoms with van der Waals surface area (Å²) in [5.74, 6) is -1.51. The lowest BCUT2D eigenvalue weighted by atomic mass is 10.1. The molecule has 0 bridgehead atoms. The van der Waals surface area contributed by atoms with E-state index < -0.39 is 23.8 Å². The fourth-order valence-corrected chi connectivity index (χ4v) is 0.952. The number of nitriles is 1. The van der Waals surface area contributed by atoms with E-state index >= 15 is 0 Å². The molecular weight excluding hydrogens is 195 g/mol. The molecule has 6 heteroatoms. The number of halogens is 3. The van der Waals surface area contributed by atoms with Crippen molar-refractivity contribution in [1.82, 2.24) is 4.98 Å². The largest absolute Gasteiger partial charge is 0.381 e. The molecule has 1 aromatic heterocycles. The molecule has 0 atom stereocenters. The molecule has 3 nitrogen and oxygen atoms in total. The van der Waals surface area contributed by atoms with Gasteiger partial charge in [0.1, 0.15) is 5.69 Å². The Balaban J connectivity index is 3.22. The number of hydrogen-bond acceptors (Lipinski definition) is 3. The van der Waals surface area contributed by atoms with Gasteiger partial charge in [0, 0.05) is 5.56 Å². The van der Waals surface area contributed by atoms with Crippen LogP contribution in [0.15, 0.2) is 6.07 Å². The van der Waals surface area contributed by atoms with Crippen molar-refractivity contribution in [3.63, 3.8) is 0 Å². The van der Waals surface area contributed by atoms with Crippen LogP contribution in [0, 0.1) is 17.1 Å². The summed E-state index contributed by atoms with van der Waals surface area (Å²) < 4.78 is 37.4. The Bertz CT molecular complexity index is 384. The van der Waals surface area contributed by atoms with Gasteiger partial charge in [0.2, 0.25) is 0 Å². The number of nitrogens with zero attached hydrogens (tertiary/aromatic N) is 2. The minimum atomic E-state index is -2.82. The maximum atomic E-state index is 13.0. The van der Waals surface area contributed by atoms with Gasteiger partial charge in [-0.15, -0.1) is 0 Å². The van der Waals surface area contributed by atoms with Crippen molar-refractivity contribution >= 4 is 5.82 Å². The van der Waals surface area contributed by atoms with Gasteiger partial charge in [0.15, 0.2) is 11.6 Å². The molecule has 0 saturated carbocycles. The Kier molecular flexibility index (Phi) is 2.92. The molecule has 74 valence electrons. The number of rotatable bonds is 2. The third-order valence-corrected chi connectivity index (χ3v) is 1.57. The summed E-state index contributed by atoms with van der Waals surface area (Å²) in [6.07, 6.45) is -3.13. The molecule has 0 saturated heterocycles. The number of pyridine rings is 1. The molecule has 0 amide bonds. The summed E-state index contributed by atoms with van der Waals surface area (Å²) >= 11 is 0. The number of alkyl halides is 2. The van der Waals surface area contributed by atoms with Crippen molar-refractivity contribution in [1.29, 1.82) is 5.26 Å². The lowest BCUT2D eigenvalue weighted by Gasteiger charge is -2.05. The van der Waals surface area contributed by atoms with Crippen LogP contribution in [0.4, 0.5) is 19.0 Å². The summed E-state index contributed by atoms with van der Waals surface area (Å²) in [4.78, 5) is 3.16. The number of hydrogen-bond donors (Lipinski definition) is 1. The predicted octanol–water partition coefficient (Wildman–Crippen LogP) is 1.81. The Morgan fingerprint density at radius 3 is 2.71 bits per heavy atom. The number of aromatic nitrogens is 1. The van der Waals surface area contributed by atoms with E-state index in [1.807, 2.05) is 0 Å². The van der Waals surface area contributed by atoms with Gasteiger partial charge in [-0.3, -0.25) is 0 Å². The zero-order valence-corrected chi connectivity index (χ0v) is 6.97. The quantitative estimate of drug-likeness (QED) is 0.793. The first-order valence-corrected chi connectivity index (χ1v) is 3.66. The van der Waals surface area contributed by atoms with Crippen molar-refractivity contribution in [2.45, 2.75) is 12.8 Å². The predicted molar refractivity (Wildman–Crippen MR) is 42.9 cm³/mol. The molecule has 1 aromatic rings. The highest BCUT2D eigenvalue weighted by Gasteiger charge is 2.15. The molecule has 0 aliphatic heterocycles. The second kappa shape index (κ2) is 3.96. The molecule has 0 unspecified atom stereocenters. The second-order valence-corrected chi connectivity index (χ2v) is 2.54. The topological polar surface area (TPSA) is 62.7 Å². The Labute approximate surface area is 78.0 Å². The maximum absolute atomic E-state index is 13.0. The molecule has 0 aliphatic carbocycles. The molecule has 14 heavy (non-hydrogen) atoms. The van der Waals surface area contributed by atoms with E-state index in [1.165, 1.54) is 0 Å². The normalized spacial score (nSPS) is 10.2. The molecule has 2 N–H and O–H groups in total.